The zero-order chi connectivity index (χ0) is 20.8. The van der Waals surface area contributed by atoms with Gasteiger partial charge in [0.2, 0.25) is 5.71 Å². The molecule has 0 amide bonds. The molecule has 0 atom stereocenters. The smallest absolute Gasteiger partial charge is 0.362 e. The van der Waals surface area contributed by atoms with Gasteiger partial charge in [0.05, 0.1) is 13.7 Å². The molecule has 5 rings (SSSR count). The molecule has 5 aromatic rings. The first-order chi connectivity index (χ1) is 14.6. The van der Waals surface area contributed by atoms with Crippen molar-refractivity contribution in [2.45, 2.75) is 19.9 Å². The van der Waals surface area contributed by atoms with Gasteiger partial charge >= 0.3 is 5.63 Å². The van der Waals surface area contributed by atoms with Gasteiger partial charge < -0.3 is 13.7 Å². The van der Waals surface area contributed by atoms with Gasteiger partial charge in [-0.1, -0.05) is 13.0 Å². The highest BCUT2D eigenvalue weighted by molar-refractivity contribution is 6.18. The minimum absolute atomic E-state index is 0.172. The lowest BCUT2D eigenvalue weighted by atomic mass is 10.1. The number of halogens is 1. The van der Waals surface area contributed by atoms with Crippen molar-refractivity contribution in [2.75, 3.05) is 7.11 Å². The summed E-state index contributed by atoms with van der Waals surface area (Å²) in [7, 11) is 1.54. The molecule has 0 radical (unpaired) electrons. The van der Waals surface area contributed by atoms with Crippen LogP contribution in [0.3, 0.4) is 0 Å². The van der Waals surface area contributed by atoms with Gasteiger partial charge in [-0.2, -0.15) is 0 Å². The van der Waals surface area contributed by atoms with E-state index in [1.54, 1.807) is 18.3 Å². The Bertz CT molecular complexity index is 1480. The number of ether oxygens (including phenoxy) is 1. The third-order valence-corrected chi connectivity index (χ3v) is 5.54. The highest BCUT2D eigenvalue weighted by Gasteiger charge is 2.20. The Balaban J connectivity index is 1.90. The van der Waals surface area contributed by atoms with Crippen LogP contribution in [0.4, 0.5) is 4.39 Å². The number of hydrogen-bond acceptors (Lipinski definition) is 4. The van der Waals surface area contributed by atoms with E-state index in [9.17, 15) is 9.18 Å². The summed E-state index contributed by atoms with van der Waals surface area (Å²) in [5.74, 6) is 0.199. The van der Waals surface area contributed by atoms with Crippen molar-refractivity contribution in [3.05, 3.63) is 82.1 Å². The molecule has 6 heteroatoms. The molecule has 5 nitrogen and oxygen atoms in total. The van der Waals surface area contributed by atoms with Gasteiger partial charge in [-0.3, -0.25) is 0 Å². The summed E-state index contributed by atoms with van der Waals surface area (Å²) >= 11 is 0. The highest BCUT2D eigenvalue weighted by Crippen LogP contribution is 2.34. The number of fused-ring (bicyclic) bond motifs is 5. The Morgan fingerprint density at radius 2 is 2.00 bits per heavy atom. The topological polar surface area (TPSA) is 57.3 Å². The van der Waals surface area contributed by atoms with Crippen LogP contribution < -0.4 is 10.4 Å². The van der Waals surface area contributed by atoms with Crippen molar-refractivity contribution >= 4 is 32.9 Å². The van der Waals surface area contributed by atoms with E-state index in [4.69, 9.17) is 9.15 Å². The molecule has 30 heavy (non-hydrogen) atoms. The summed E-state index contributed by atoms with van der Waals surface area (Å²) < 4.78 is 27.2. The van der Waals surface area contributed by atoms with E-state index in [0.29, 0.717) is 22.5 Å². The van der Waals surface area contributed by atoms with Crippen LogP contribution in [0, 0.1) is 5.82 Å². The normalized spacial score (nSPS) is 11.6. The summed E-state index contributed by atoms with van der Waals surface area (Å²) in [6, 6.07) is 14.4. The fourth-order valence-electron chi connectivity index (χ4n) is 4.04. The Kier molecular flexibility index (Phi) is 4.28. The van der Waals surface area contributed by atoms with Crippen LogP contribution in [0.25, 0.3) is 32.9 Å². The van der Waals surface area contributed by atoms with E-state index < -0.39 is 5.63 Å². The molecule has 3 aromatic heterocycles. The summed E-state index contributed by atoms with van der Waals surface area (Å²) in [4.78, 5) is 17.2. The number of nitrogens with zero attached hydrogens (tertiary/aromatic N) is 2. The number of benzene rings is 2. The zero-order valence-electron chi connectivity index (χ0n) is 16.6. The molecule has 0 saturated carbocycles. The number of methoxy groups -OCH3 is 1. The van der Waals surface area contributed by atoms with Gasteiger partial charge in [0.1, 0.15) is 17.1 Å². The molecule has 0 bridgehead atoms. The molecule has 150 valence electrons. The van der Waals surface area contributed by atoms with Gasteiger partial charge in [0, 0.05) is 33.4 Å². The average Bonchev–Trinajstić information content (AvgIpc) is 3.09. The van der Waals surface area contributed by atoms with E-state index in [1.165, 1.54) is 13.2 Å². The van der Waals surface area contributed by atoms with Crippen molar-refractivity contribution in [3.63, 3.8) is 0 Å². The predicted molar refractivity (Wildman–Crippen MR) is 115 cm³/mol. The molecule has 0 saturated heterocycles. The average molecular weight is 402 g/mol. The van der Waals surface area contributed by atoms with Crippen LogP contribution in [0.2, 0.25) is 0 Å². The first-order valence-corrected chi connectivity index (χ1v) is 9.75. The number of pyridine rings is 1. The monoisotopic (exact) mass is 402 g/mol. The Hall–Kier alpha value is -3.67. The summed E-state index contributed by atoms with van der Waals surface area (Å²) in [5.41, 5.74) is 2.63. The molecular weight excluding hydrogens is 383 g/mol. The number of hydrogen-bond donors (Lipinski definition) is 0. The number of aryl methyl sites for hydroxylation is 1. The fraction of sp³-hybridized carbons (Fsp3) is 0.167. The van der Waals surface area contributed by atoms with Crippen LogP contribution in [0.15, 0.2) is 63.9 Å². The van der Waals surface area contributed by atoms with Crippen molar-refractivity contribution in [1.82, 2.24) is 9.55 Å². The number of aromatic nitrogens is 2. The van der Waals surface area contributed by atoms with Crippen molar-refractivity contribution in [3.8, 4) is 5.75 Å². The maximum Gasteiger partial charge on any atom is 0.362 e. The lowest BCUT2D eigenvalue weighted by Crippen LogP contribution is -2.09. The third kappa shape index (κ3) is 2.76. The Labute approximate surface area is 171 Å². The number of rotatable bonds is 4. The molecule has 0 aliphatic heterocycles. The molecule has 0 N–H and O–H groups in total. The van der Waals surface area contributed by atoms with Crippen molar-refractivity contribution in [2.24, 2.45) is 0 Å². The Morgan fingerprint density at radius 1 is 1.13 bits per heavy atom. The second kappa shape index (κ2) is 6.99. The standard InChI is InChI=1S/C24H19FN2O3/c1-3-14-6-9-20-18(11-14)21-17-5-4-10-26-23(17)30-24(28)22(21)27(20)13-15-12-16(29-2)7-8-19(15)25/h4-12H,3,13H2,1-2H3. The third-order valence-electron chi connectivity index (χ3n) is 5.54. The molecule has 0 aliphatic carbocycles. The van der Waals surface area contributed by atoms with Gasteiger partial charge in [0.25, 0.3) is 0 Å². The van der Waals surface area contributed by atoms with Crippen LogP contribution >= 0.6 is 0 Å². The lowest BCUT2D eigenvalue weighted by Gasteiger charge is -2.10. The molecule has 0 fully saturated rings. The van der Waals surface area contributed by atoms with Gasteiger partial charge in [-0.05, 0) is 54.4 Å². The summed E-state index contributed by atoms with van der Waals surface area (Å²) in [5, 5.41) is 2.47. The van der Waals surface area contributed by atoms with Crippen molar-refractivity contribution < 1.29 is 13.5 Å². The second-order valence-corrected chi connectivity index (χ2v) is 7.22. The Morgan fingerprint density at radius 3 is 2.80 bits per heavy atom. The van der Waals surface area contributed by atoms with E-state index >= 15 is 0 Å². The van der Waals surface area contributed by atoms with Crippen molar-refractivity contribution in [1.29, 1.82) is 0 Å². The maximum absolute atomic E-state index is 14.6. The zero-order valence-corrected chi connectivity index (χ0v) is 16.6. The van der Waals surface area contributed by atoms with E-state index in [-0.39, 0.29) is 12.4 Å². The minimum atomic E-state index is -0.492. The lowest BCUT2D eigenvalue weighted by molar-refractivity contribution is 0.412. The fourth-order valence-corrected chi connectivity index (χ4v) is 4.04. The van der Waals surface area contributed by atoms with Gasteiger partial charge in [-0.25, -0.2) is 14.2 Å². The molecule has 2 aromatic carbocycles. The summed E-state index contributed by atoms with van der Waals surface area (Å²) in [6.45, 7) is 2.25. The van der Waals surface area contributed by atoms with Gasteiger partial charge in [0.15, 0.2) is 0 Å². The maximum atomic E-state index is 14.6. The van der Waals surface area contributed by atoms with Gasteiger partial charge in [-0.15, -0.1) is 0 Å². The molecule has 0 aliphatic rings. The van der Waals surface area contributed by atoms with Crippen LogP contribution in [0.5, 0.6) is 5.75 Å². The predicted octanol–water partition coefficient (Wildman–Crippen LogP) is 5.05. The molecule has 0 unspecified atom stereocenters. The summed E-state index contributed by atoms with van der Waals surface area (Å²) in [6.07, 6.45) is 2.46. The van der Waals surface area contributed by atoms with E-state index in [2.05, 4.69) is 18.0 Å². The minimum Gasteiger partial charge on any atom is -0.497 e. The first-order valence-electron chi connectivity index (χ1n) is 9.75. The van der Waals surface area contributed by atoms with Crippen LogP contribution in [-0.4, -0.2) is 16.7 Å². The quantitative estimate of drug-likeness (QED) is 0.422. The van der Waals surface area contributed by atoms with Crippen LogP contribution in [-0.2, 0) is 13.0 Å². The molecule has 0 spiro atoms. The highest BCUT2D eigenvalue weighted by atomic mass is 19.1. The first kappa shape index (κ1) is 18.4. The molecule has 3 heterocycles. The SMILES string of the molecule is CCc1ccc2c(c1)c1c3cccnc3oc(=O)c1n2Cc1cc(OC)ccc1F. The second-order valence-electron chi connectivity index (χ2n) is 7.22. The van der Waals surface area contributed by atoms with E-state index in [1.807, 2.05) is 28.8 Å². The van der Waals surface area contributed by atoms with E-state index in [0.717, 1.165) is 33.7 Å². The van der Waals surface area contributed by atoms with Crippen LogP contribution in [0.1, 0.15) is 18.1 Å². The molecular formula is C24H19FN2O3. The largest absolute Gasteiger partial charge is 0.497 e.